The highest BCUT2D eigenvalue weighted by atomic mass is 16.5. The van der Waals surface area contributed by atoms with Crippen LogP contribution < -0.4 is 10.1 Å². The molecule has 0 atom stereocenters. The first-order valence-electron chi connectivity index (χ1n) is 7.01. The lowest BCUT2D eigenvalue weighted by Gasteiger charge is -2.08. The molecule has 0 spiro atoms. The van der Waals surface area contributed by atoms with Crippen molar-refractivity contribution in [2.24, 2.45) is 0 Å². The van der Waals surface area contributed by atoms with Gasteiger partial charge >= 0.3 is 0 Å². The molecule has 3 aromatic heterocycles. The van der Waals surface area contributed by atoms with Crippen molar-refractivity contribution in [3.8, 4) is 5.88 Å². The Morgan fingerprint density at radius 2 is 2.18 bits per heavy atom. The highest BCUT2D eigenvalue weighted by Crippen LogP contribution is 2.21. The normalized spacial score (nSPS) is 11.1. The van der Waals surface area contributed by atoms with E-state index in [4.69, 9.17) is 4.74 Å². The van der Waals surface area contributed by atoms with E-state index in [9.17, 15) is 4.79 Å². The molecular formula is C15H17N5O2. The van der Waals surface area contributed by atoms with Crippen LogP contribution in [0.5, 0.6) is 5.88 Å². The maximum absolute atomic E-state index is 12.4. The molecule has 0 aliphatic heterocycles. The number of carbonyl (C=O) groups is 1. The molecule has 7 nitrogen and oxygen atoms in total. The van der Waals surface area contributed by atoms with Crippen molar-refractivity contribution in [1.82, 2.24) is 20.2 Å². The third kappa shape index (κ3) is 2.78. The Kier molecular flexibility index (Phi) is 3.54. The lowest BCUT2D eigenvalue weighted by atomic mass is 10.2. The van der Waals surface area contributed by atoms with Crippen molar-refractivity contribution in [2.75, 3.05) is 5.32 Å². The molecule has 1 amide bonds. The van der Waals surface area contributed by atoms with Gasteiger partial charge in [0.25, 0.3) is 5.91 Å². The number of hydrogen-bond acceptors (Lipinski definition) is 4. The summed E-state index contributed by atoms with van der Waals surface area (Å²) >= 11 is 0. The highest BCUT2D eigenvalue weighted by molar-refractivity contribution is 6.11. The van der Waals surface area contributed by atoms with Gasteiger partial charge in [0.05, 0.1) is 17.2 Å². The van der Waals surface area contributed by atoms with Gasteiger partial charge in [-0.05, 0) is 26.8 Å². The third-order valence-electron chi connectivity index (χ3n) is 3.05. The molecule has 0 fully saturated rings. The number of amides is 1. The minimum absolute atomic E-state index is 0.0215. The van der Waals surface area contributed by atoms with Crippen LogP contribution in [0, 0.1) is 6.92 Å². The van der Waals surface area contributed by atoms with Crippen molar-refractivity contribution >= 4 is 22.8 Å². The van der Waals surface area contributed by atoms with Crippen LogP contribution in [-0.2, 0) is 0 Å². The second-order valence-electron chi connectivity index (χ2n) is 5.30. The summed E-state index contributed by atoms with van der Waals surface area (Å²) in [5.41, 5.74) is 2.67. The van der Waals surface area contributed by atoms with Gasteiger partial charge in [-0.1, -0.05) is 0 Å². The van der Waals surface area contributed by atoms with Gasteiger partial charge in [-0.3, -0.25) is 9.89 Å². The van der Waals surface area contributed by atoms with E-state index in [1.807, 2.05) is 26.8 Å². The number of ether oxygens (including phenoxy) is 1. The first kappa shape index (κ1) is 14.1. The molecule has 3 aromatic rings. The summed E-state index contributed by atoms with van der Waals surface area (Å²) < 4.78 is 5.57. The molecule has 0 saturated heterocycles. The molecule has 0 aliphatic carbocycles. The quantitative estimate of drug-likeness (QED) is 0.690. The van der Waals surface area contributed by atoms with Crippen molar-refractivity contribution in [1.29, 1.82) is 0 Å². The zero-order valence-electron chi connectivity index (χ0n) is 12.6. The number of aromatic nitrogens is 4. The largest absolute Gasteiger partial charge is 0.475 e. The minimum Gasteiger partial charge on any atom is -0.475 e. The topological polar surface area (TPSA) is 95.7 Å². The number of hydrogen-bond donors (Lipinski definition) is 3. The van der Waals surface area contributed by atoms with E-state index in [-0.39, 0.29) is 12.0 Å². The molecule has 3 rings (SSSR count). The fourth-order valence-electron chi connectivity index (χ4n) is 2.13. The van der Waals surface area contributed by atoms with Gasteiger partial charge in [0.15, 0.2) is 5.82 Å². The van der Waals surface area contributed by atoms with E-state index >= 15 is 0 Å². The molecule has 3 heterocycles. The number of anilines is 1. The number of carbonyl (C=O) groups excluding carboxylic acids is 1. The van der Waals surface area contributed by atoms with Gasteiger partial charge in [0, 0.05) is 24.0 Å². The fraction of sp³-hybridized carbons (Fsp3) is 0.267. The number of nitrogens with zero attached hydrogens (tertiary/aromatic N) is 2. The van der Waals surface area contributed by atoms with Crippen molar-refractivity contribution in [2.45, 2.75) is 26.9 Å². The van der Waals surface area contributed by atoms with Gasteiger partial charge in [-0.25, -0.2) is 4.98 Å². The second kappa shape index (κ2) is 5.51. The molecule has 3 N–H and O–H groups in total. The number of H-pyrrole nitrogens is 2. The summed E-state index contributed by atoms with van der Waals surface area (Å²) in [6.07, 6.45) is 1.65. The summed E-state index contributed by atoms with van der Waals surface area (Å²) in [5, 5.41) is 9.50. The van der Waals surface area contributed by atoms with Gasteiger partial charge in [-0.2, -0.15) is 5.10 Å². The van der Waals surface area contributed by atoms with Crippen LogP contribution >= 0.6 is 0 Å². The third-order valence-corrected chi connectivity index (χ3v) is 3.05. The number of rotatable bonds is 4. The monoisotopic (exact) mass is 299 g/mol. The van der Waals surface area contributed by atoms with Crippen molar-refractivity contribution < 1.29 is 9.53 Å². The van der Waals surface area contributed by atoms with Crippen molar-refractivity contribution in [3.63, 3.8) is 0 Å². The van der Waals surface area contributed by atoms with Gasteiger partial charge in [0.2, 0.25) is 5.88 Å². The van der Waals surface area contributed by atoms with Crippen LogP contribution in [-0.4, -0.2) is 32.2 Å². The summed E-state index contributed by atoms with van der Waals surface area (Å²) in [6.45, 7) is 5.72. The van der Waals surface area contributed by atoms with Crippen LogP contribution in [0.15, 0.2) is 24.4 Å². The smallest absolute Gasteiger partial charge is 0.260 e. The predicted molar refractivity (Wildman–Crippen MR) is 83.1 cm³/mol. The van der Waals surface area contributed by atoms with Crippen LogP contribution in [0.25, 0.3) is 11.0 Å². The Balaban J connectivity index is 1.90. The lowest BCUT2D eigenvalue weighted by Crippen LogP contribution is -2.12. The number of aromatic amines is 2. The average molecular weight is 299 g/mol. The zero-order valence-corrected chi connectivity index (χ0v) is 12.6. The Labute approximate surface area is 127 Å². The zero-order chi connectivity index (χ0) is 15.7. The van der Waals surface area contributed by atoms with E-state index in [0.29, 0.717) is 22.8 Å². The highest BCUT2D eigenvalue weighted by Gasteiger charge is 2.15. The second-order valence-corrected chi connectivity index (χ2v) is 5.30. The molecule has 22 heavy (non-hydrogen) atoms. The Morgan fingerprint density at radius 3 is 2.86 bits per heavy atom. The first-order valence-corrected chi connectivity index (χ1v) is 7.01. The summed E-state index contributed by atoms with van der Waals surface area (Å²) in [6, 6.07) is 5.38. The molecule has 0 aliphatic rings. The molecule has 0 radical (unpaired) electrons. The Morgan fingerprint density at radius 1 is 1.36 bits per heavy atom. The fourth-order valence-corrected chi connectivity index (χ4v) is 2.13. The molecule has 0 aromatic carbocycles. The summed E-state index contributed by atoms with van der Waals surface area (Å²) in [5.74, 6) is 0.699. The summed E-state index contributed by atoms with van der Waals surface area (Å²) in [4.78, 5) is 19.8. The Bertz CT molecular complexity index is 818. The van der Waals surface area contributed by atoms with E-state index in [1.165, 1.54) is 0 Å². The molecule has 0 bridgehead atoms. The molecular weight excluding hydrogens is 282 g/mol. The standard InChI is InChI=1S/C15H17N5O2/c1-8(2)22-13-5-4-11-14(18-13)10(7-16-11)15(21)17-12-6-9(3)19-20-12/h4-8,16H,1-3H3,(H2,17,19,20,21). The van der Waals surface area contributed by atoms with Crippen LogP contribution in [0.2, 0.25) is 0 Å². The van der Waals surface area contributed by atoms with E-state index < -0.39 is 0 Å². The molecule has 0 saturated carbocycles. The van der Waals surface area contributed by atoms with Gasteiger partial charge in [-0.15, -0.1) is 0 Å². The average Bonchev–Trinajstić information content (AvgIpc) is 3.04. The SMILES string of the molecule is Cc1cc(NC(=O)c2c[nH]c3ccc(OC(C)C)nc23)n[nH]1. The molecule has 7 heteroatoms. The Hall–Kier alpha value is -2.83. The number of aryl methyl sites for hydroxylation is 1. The van der Waals surface area contributed by atoms with Gasteiger partial charge < -0.3 is 15.0 Å². The van der Waals surface area contributed by atoms with Crippen LogP contribution in [0.3, 0.4) is 0 Å². The number of pyridine rings is 1. The van der Waals surface area contributed by atoms with E-state index in [0.717, 1.165) is 11.2 Å². The number of fused-ring (bicyclic) bond motifs is 1. The minimum atomic E-state index is -0.271. The summed E-state index contributed by atoms with van der Waals surface area (Å²) in [7, 11) is 0. The lowest BCUT2D eigenvalue weighted by molar-refractivity contribution is 0.102. The molecule has 114 valence electrons. The van der Waals surface area contributed by atoms with Crippen LogP contribution in [0.1, 0.15) is 29.9 Å². The predicted octanol–water partition coefficient (Wildman–Crippen LogP) is 2.63. The van der Waals surface area contributed by atoms with Crippen molar-refractivity contribution in [3.05, 3.63) is 35.7 Å². The van der Waals surface area contributed by atoms with Gasteiger partial charge in [0.1, 0.15) is 5.52 Å². The molecule has 0 unspecified atom stereocenters. The van der Waals surface area contributed by atoms with Crippen LogP contribution in [0.4, 0.5) is 5.82 Å². The maximum Gasteiger partial charge on any atom is 0.260 e. The van der Waals surface area contributed by atoms with E-state index in [2.05, 4.69) is 25.5 Å². The maximum atomic E-state index is 12.4. The first-order chi connectivity index (χ1) is 10.5. The number of nitrogens with one attached hydrogen (secondary N) is 3. The van der Waals surface area contributed by atoms with E-state index in [1.54, 1.807) is 18.3 Å².